The summed E-state index contributed by atoms with van der Waals surface area (Å²) in [4.78, 5) is 28.6. The van der Waals surface area contributed by atoms with Crippen LogP contribution < -0.4 is 11.2 Å². The third-order valence-electron chi connectivity index (χ3n) is 5.54. The van der Waals surface area contributed by atoms with Crippen molar-refractivity contribution in [3.8, 4) is 0 Å². The molecule has 2 heterocycles. The molecule has 1 aliphatic heterocycles. The zero-order valence-electron chi connectivity index (χ0n) is 16.5. The highest BCUT2D eigenvalue weighted by Crippen LogP contribution is 2.19. The average Bonchev–Trinajstić information content (AvgIpc) is 2.74. The standard InChI is InChI=1S/C23H24ClN3O2/c1-2-26-21-12-13-25(14-17-8-4-3-5-9-17)16-19(21)22(28)27(23(26)29)15-18-10-6-7-11-20(18)24/h3-11H,2,12-16H2,1H3. The Morgan fingerprint density at radius 3 is 2.38 bits per heavy atom. The molecule has 0 fully saturated rings. The second-order valence-corrected chi connectivity index (χ2v) is 7.79. The highest BCUT2D eigenvalue weighted by Gasteiger charge is 2.25. The maximum absolute atomic E-state index is 13.3. The van der Waals surface area contributed by atoms with Crippen LogP contribution in [0.3, 0.4) is 0 Å². The van der Waals surface area contributed by atoms with Gasteiger partial charge in [-0.15, -0.1) is 0 Å². The van der Waals surface area contributed by atoms with E-state index in [4.69, 9.17) is 11.6 Å². The van der Waals surface area contributed by atoms with Crippen molar-refractivity contribution in [2.45, 2.75) is 39.5 Å². The van der Waals surface area contributed by atoms with Crippen LogP contribution in [0, 0.1) is 0 Å². The molecule has 2 aromatic carbocycles. The van der Waals surface area contributed by atoms with Crippen molar-refractivity contribution in [3.63, 3.8) is 0 Å². The van der Waals surface area contributed by atoms with Crippen LogP contribution in [0.25, 0.3) is 0 Å². The van der Waals surface area contributed by atoms with Gasteiger partial charge in [-0.25, -0.2) is 4.79 Å². The minimum absolute atomic E-state index is 0.184. The lowest BCUT2D eigenvalue weighted by Crippen LogP contribution is -2.47. The van der Waals surface area contributed by atoms with Crippen LogP contribution in [-0.2, 0) is 32.6 Å². The van der Waals surface area contributed by atoms with Crippen LogP contribution >= 0.6 is 11.6 Å². The van der Waals surface area contributed by atoms with E-state index in [0.29, 0.717) is 24.5 Å². The molecular weight excluding hydrogens is 386 g/mol. The van der Waals surface area contributed by atoms with Crippen molar-refractivity contribution in [3.05, 3.63) is 103 Å². The topological polar surface area (TPSA) is 47.2 Å². The molecule has 0 aliphatic carbocycles. The number of hydrogen-bond donors (Lipinski definition) is 0. The van der Waals surface area contributed by atoms with Gasteiger partial charge in [-0.3, -0.25) is 18.8 Å². The molecule has 0 amide bonds. The summed E-state index contributed by atoms with van der Waals surface area (Å²) in [5, 5.41) is 0.560. The van der Waals surface area contributed by atoms with Gasteiger partial charge in [-0.05, 0) is 24.1 Å². The fourth-order valence-electron chi connectivity index (χ4n) is 4.05. The van der Waals surface area contributed by atoms with Crippen LogP contribution in [0.2, 0.25) is 5.02 Å². The lowest BCUT2D eigenvalue weighted by atomic mass is 10.0. The van der Waals surface area contributed by atoms with E-state index in [1.165, 1.54) is 10.1 Å². The first-order valence-corrected chi connectivity index (χ1v) is 10.3. The fourth-order valence-corrected chi connectivity index (χ4v) is 4.24. The van der Waals surface area contributed by atoms with Gasteiger partial charge in [0.25, 0.3) is 5.56 Å². The Hall–Kier alpha value is -2.63. The van der Waals surface area contributed by atoms with Gasteiger partial charge in [0, 0.05) is 43.3 Å². The van der Waals surface area contributed by atoms with E-state index >= 15 is 0 Å². The van der Waals surface area contributed by atoms with E-state index in [9.17, 15) is 9.59 Å². The van der Waals surface area contributed by atoms with Gasteiger partial charge < -0.3 is 0 Å². The molecule has 0 bridgehead atoms. The molecule has 3 aromatic rings. The predicted molar refractivity (Wildman–Crippen MR) is 115 cm³/mol. The van der Waals surface area contributed by atoms with E-state index in [2.05, 4.69) is 17.0 Å². The molecule has 150 valence electrons. The molecule has 4 rings (SSSR count). The first-order chi connectivity index (χ1) is 14.1. The molecule has 1 aliphatic rings. The number of benzene rings is 2. The molecule has 5 nitrogen and oxygen atoms in total. The van der Waals surface area contributed by atoms with E-state index in [1.807, 2.05) is 43.3 Å². The van der Waals surface area contributed by atoms with Crippen molar-refractivity contribution in [1.82, 2.24) is 14.0 Å². The Kier molecular flexibility index (Phi) is 5.69. The largest absolute Gasteiger partial charge is 0.331 e. The smallest absolute Gasteiger partial charge is 0.297 e. The Bertz CT molecular complexity index is 1140. The molecule has 0 spiro atoms. The van der Waals surface area contributed by atoms with Crippen LogP contribution in [-0.4, -0.2) is 20.6 Å². The fraction of sp³-hybridized carbons (Fsp3) is 0.304. The van der Waals surface area contributed by atoms with Gasteiger partial charge in [0.1, 0.15) is 0 Å². The zero-order valence-corrected chi connectivity index (χ0v) is 17.2. The van der Waals surface area contributed by atoms with E-state index < -0.39 is 0 Å². The third-order valence-corrected chi connectivity index (χ3v) is 5.91. The Labute approximate surface area is 174 Å². The maximum Gasteiger partial charge on any atom is 0.331 e. The van der Waals surface area contributed by atoms with Crippen molar-refractivity contribution < 1.29 is 0 Å². The summed E-state index contributed by atoms with van der Waals surface area (Å²) in [6.07, 6.45) is 0.702. The monoisotopic (exact) mass is 409 g/mol. The van der Waals surface area contributed by atoms with E-state index in [0.717, 1.165) is 29.9 Å². The first kappa shape index (κ1) is 19.7. The van der Waals surface area contributed by atoms with Gasteiger partial charge in [-0.1, -0.05) is 60.1 Å². The molecule has 29 heavy (non-hydrogen) atoms. The minimum Gasteiger partial charge on any atom is -0.297 e. The Morgan fingerprint density at radius 2 is 1.66 bits per heavy atom. The maximum atomic E-state index is 13.3. The molecule has 0 unspecified atom stereocenters. The van der Waals surface area contributed by atoms with Crippen molar-refractivity contribution in [2.75, 3.05) is 6.54 Å². The van der Waals surface area contributed by atoms with Gasteiger partial charge in [0.2, 0.25) is 0 Å². The van der Waals surface area contributed by atoms with E-state index in [1.54, 1.807) is 10.6 Å². The number of rotatable bonds is 5. The lowest BCUT2D eigenvalue weighted by Gasteiger charge is -2.30. The SMILES string of the molecule is CCn1c2c(c(=O)n(Cc3ccccc3Cl)c1=O)CN(Cc1ccccc1)CC2. The second kappa shape index (κ2) is 8.39. The summed E-state index contributed by atoms with van der Waals surface area (Å²) in [7, 11) is 0. The summed E-state index contributed by atoms with van der Waals surface area (Å²) >= 11 is 6.28. The highest BCUT2D eigenvalue weighted by atomic mass is 35.5. The summed E-state index contributed by atoms with van der Waals surface area (Å²) in [5.74, 6) is 0. The second-order valence-electron chi connectivity index (χ2n) is 7.38. The summed E-state index contributed by atoms with van der Waals surface area (Å²) in [6, 6.07) is 17.6. The summed E-state index contributed by atoms with van der Waals surface area (Å²) in [6.45, 7) is 4.84. The number of hydrogen-bond acceptors (Lipinski definition) is 3. The van der Waals surface area contributed by atoms with Crippen molar-refractivity contribution in [2.24, 2.45) is 0 Å². The average molecular weight is 410 g/mol. The molecule has 0 radical (unpaired) electrons. The van der Waals surface area contributed by atoms with Gasteiger partial charge in [0.15, 0.2) is 0 Å². The summed E-state index contributed by atoms with van der Waals surface area (Å²) < 4.78 is 3.07. The highest BCUT2D eigenvalue weighted by molar-refractivity contribution is 6.31. The minimum atomic E-state index is -0.257. The molecule has 0 saturated heterocycles. The number of nitrogens with zero attached hydrogens (tertiary/aromatic N) is 3. The number of halogens is 1. The molecule has 0 saturated carbocycles. The van der Waals surface area contributed by atoms with Crippen LogP contribution in [0.4, 0.5) is 0 Å². The van der Waals surface area contributed by atoms with Gasteiger partial charge >= 0.3 is 5.69 Å². The Morgan fingerprint density at radius 1 is 0.931 bits per heavy atom. The number of fused-ring (bicyclic) bond motifs is 1. The molecule has 1 aromatic heterocycles. The van der Waals surface area contributed by atoms with E-state index in [-0.39, 0.29) is 17.8 Å². The quantitative estimate of drug-likeness (QED) is 0.649. The summed E-state index contributed by atoms with van der Waals surface area (Å²) in [5.41, 5.74) is 3.13. The van der Waals surface area contributed by atoms with Gasteiger partial charge in [0.05, 0.1) is 12.1 Å². The molecule has 0 atom stereocenters. The van der Waals surface area contributed by atoms with Crippen LogP contribution in [0.15, 0.2) is 64.2 Å². The van der Waals surface area contributed by atoms with Crippen LogP contribution in [0.5, 0.6) is 0 Å². The van der Waals surface area contributed by atoms with Gasteiger partial charge in [-0.2, -0.15) is 0 Å². The molecule has 6 heteroatoms. The van der Waals surface area contributed by atoms with Crippen LogP contribution in [0.1, 0.15) is 29.3 Å². The third kappa shape index (κ3) is 3.93. The molecule has 0 N–H and O–H groups in total. The Balaban J connectivity index is 1.72. The number of aromatic nitrogens is 2. The van der Waals surface area contributed by atoms with Crippen molar-refractivity contribution >= 4 is 11.6 Å². The van der Waals surface area contributed by atoms with Crippen molar-refractivity contribution in [1.29, 1.82) is 0 Å². The zero-order chi connectivity index (χ0) is 20.4. The normalized spacial score (nSPS) is 14.0. The lowest BCUT2D eigenvalue weighted by molar-refractivity contribution is 0.236. The molecular formula is C23H24ClN3O2. The predicted octanol–water partition coefficient (Wildman–Crippen LogP) is 3.29. The first-order valence-electron chi connectivity index (χ1n) is 9.93.